The van der Waals surface area contributed by atoms with Gasteiger partial charge in [0, 0.05) is 18.2 Å². The van der Waals surface area contributed by atoms with Gasteiger partial charge in [-0.15, -0.1) is 0 Å². The van der Waals surface area contributed by atoms with Gasteiger partial charge in [-0.2, -0.15) is 5.26 Å². The molecule has 1 heterocycles. The Labute approximate surface area is 133 Å². The van der Waals surface area contributed by atoms with E-state index >= 15 is 0 Å². The third-order valence-electron chi connectivity index (χ3n) is 3.82. The Bertz CT molecular complexity index is 678. The Morgan fingerprint density at radius 1 is 1.57 bits per heavy atom. The normalized spacial score (nSPS) is 18.4. The molecule has 1 saturated heterocycles. The van der Waals surface area contributed by atoms with E-state index in [0.717, 1.165) is 6.42 Å². The highest BCUT2D eigenvalue weighted by Gasteiger charge is 2.31. The zero-order chi connectivity index (χ0) is 16.8. The third kappa shape index (κ3) is 3.93. The summed E-state index contributed by atoms with van der Waals surface area (Å²) in [6.07, 6.45) is 3.05. The smallest absolute Gasteiger partial charge is 0.323 e. The monoisotopic (exact) mass is 315 g/mol. The molecule has 0 radical (unpaired) electrons. The first-order valence-electron chi connectivity index (χ1n) is 7.22. The van der Waals surface area contributed by atoms with E-state index in [2.05, 4.69) is 6.07 Å². The Hall–Kier alpha value is -2.72. The summed E-state index contributed by atoms with van der Waals surface area (Å²) >= 11 is 0. The van der Waals surface area contributed by atoms with Crippen molar-refractivity contribution in [3.05, 3.63) is 45.5 Å². The van der Waals surface area contributed by atoms with Gasteiger partial charge in [0.1, 0.15) is 6.04 Å². The van der Waals surface area contributed by atoms with Gasteiger partial charge in [-0.25, -0.2) is 0 Å². The van der Waals surface area contributed by atoms with Crippen LogP contribution in [-0.2, 0) is 9.53 Å². The second-order valence-corrected chi connectivity index (χ2v) is 5.25. The van der Waals surface area contributed by atoms with E-state index in [1.807, 2.05) is 4.90 Å². The highest BCUT2D eigenvalue weighted by Crippen LogP contribution is 2.23. The number of ether oxygens (including phenoxy) is 1. The number of hydrogen-bond acceptors (Lipinski definition) is 6. The highest BCUT2D eigenvalue weighted by molar-refractivity contribution is 5.76. The van der Waals surface area contributed by atoms with Gasteiger partial charge in [0.25, 0.3) is 5.69 Å². The van der Waals surface area contributed by atoms with E-state index in [9.17, 15) is 20.2 Å². The Balaban J connectivity index is 2.22. The number of nitriles is 1. The largest absolute Gasteiger partial charge is 0.468 e. The number of likely N-dealkylation sites (tertiary alicyclic amines) is 1. The molecule has 0 aliphatic carbocycles. The molecule has 2 rings (SSSR count). The lowest BCUT2D eigenvalue weighted by molar-refractivity contribution is -0.385. The number of nitro groups is 1. The summed E-state index contributed by atoms with van der Waals surface area (Å²) in [7, 11) is 1.34. The van der Waals surface area contributed by atoms with Gasteiger partial charge in [-0.1, -0.05) is 12.1 Å². The molecule has 1 fully saturated rings. The van der Waals surface area contributed by atoms with Crippen LogP contribution in [0.1, 0.15) is 18.4 Å². The highest BCUT2D eigenvalue weighted by atomic mass is 16.6. The molecule has 1 aromatic carbocycles. The van der Waals surface area contributed by atoms with E-state index in [1.165, 1.54) is 19.3 Å². The number of methoxy groups -OCH3 is 1. The molecule has 1 aromatic rings. The lowest BCUT2D eigenvalue weighted by atomic mass is 10.1. The Kier molecular flexibility index (Phi) is 5.44. The molecule has 0 N–H and O–H groups in total. The molecular weight excluding hydrogens is 298 g/mol. The summed E-state index contributed by atoms with van der Waals surface area (Å²) in [4.78, 5) is 24.2. The van der Waals surface area contributed by atoms with Crippen LogP contribution in [0.25, 0.3) is 6.08 Å². The van der Waals surface area contributed by atoms with Crippen LogP contribution in [0.5, 0.6) is 0 Å². The van der Waals surface area contributed by atoms with Crippen molar-refractivity contribution >= 4 is 17.7 Å². The second-order valence-electron chi connectivity index (χ2n) is 5.25. The molecule has 0 saturated carbocycles. The lowest BCUT2D eigenvalue weighted by Gasteiger charge is -2.21. The minimum Gasteiger partial charge on any atom is -0.468 e. The first-order chi connectivity index (χ1) is 11.1. The minimum atomic E-state index is -0.478. The standard InChI is InChI=1S/C16H17N3O4/c1-23-16(20)15-7-4-8-18(15)11-12(10-17)9-13-5-2-3-6-14(13)19(21)22/h2-3,5-6,9,15H,4,7-8,11H2,1H3/b12-9+/t15-/m0/s1. The Morgan fingerprint density at radius 3 is 2.96 bits per heavy atom. The number of rotatable bonds is 5. The van der Waals surface area contributed by atoms with Crippen LogP contribution in [0.2, 0.25) is 0 Å². The molecule has 7 nitrogen and oxygen atoms in total. The average molecular weight is 315 g/mol. The van der Waals surface area contributed by atoms with Crippen LogP contribution in [0.4, 0.5) is 5.69 Å². The third-order valence-corrected chi connectivity index (χ3v) is 3.82. The molecule has 0 spiro atoms. The van der Waals surface area contributed by atoms with E-state index in [4.69, 9.17) is 4.74 Å². The molecule has 7 heteroatoms. The van der Waals surface area contributed by atoms with Gasteiger partial charge in [-0.3, -0.25) is 19.8 Å². The first kappa shape index (κ1) is 16.6. The number of carbonyl (C=O) groups excluding carboxylic acids is 1. The van der Waals surface area contributed by atoms with Crippen LogP contribution in [0, 0.1) is 21.4 Å². The minimum absolute atomic E-state index is 0.0498. The SMILES string of the molecule is COC(=O)[C@@H]1CCCN1C/C(C#N)=C/c1ccccc1[N+](=O)[O-]. The summed E-state index contributed by atoms with van der Waals surface area (Å²) in [5.74, 6) is -0.314. The van der Waals surface area contributed by atoms with E-state index in [0.29, 0.717) is 24.1 Å². The molecule has 0 unspecified atom stereocenters. The fraction of sp³-hybridized carbons (Fsp3) is 0.375. The molecule has 0 bridgehead atoms. The number of para-hydroxylation sites is 1. The van der Waals surface area contributed by atoms with Crippen LogP contribution in [0.15, 0.2) is 29.8 Å². The van der Waals surface area contributed by atoms with Crippen molar-refractivity contribution < 1.29 is 14.5 Å². The molecule has 1 aliphatic rings. The second kappa shape index (κ2) is 7.51. The molecule has 23 heavy (non-hydrogen) atoms. The van der Waals surface area contributed by atoms with Crippen LogP contribution in [0.3, 0.4) is 0 Å². The quantitative estimate of drug-likeness (QED) is 0.357. The first-order valence-corrected chi connectivity index (χ1v) is 7.22. The van der Waals surface area contributed by atoms with Crippen molar-refractivity contribution in [2.24, 2.45) is 0 Å². The maximum Gasteiger partial charge on any atom is 0.323 e. The number of nitro benzene ring substituents is 1. The Morgan fingerprint density at radius 2 is 2.30 bits per heavy atom. The summed E-state index contributed by atoms with van der Waals surface area (Å²) in [6.45, 7) is 0.956. The van der Waals surface area contributed by atoms with Crippen molar-refractivity contribution in [3.8, 4) is 6.07 Å². The predicted octanol–water partition coefficient (Wildman–Crippen LogP) is 2.14. The van der Waals surface area contributed by atoms with Crippen LogP contribution in [-0.4, -0.2) is 42.0 Å². The molecule has 0 amide bonds. The maximum atomic E-state index is 11.7. The molecular formula is C16H17N3O4. The van der Waals surface area contributed by atoms with Crippen molar-refractivity contribution in [1.29, 1.82) is 5.26 Å². The van der Waals surface area contributed by atoms with Crippen molar-refractivity contribution in [1.82, 2.24) is 4.90 Å². The predicted molar refractivity (Wildman–Crippen MR) is 83.3 cm³/mol. The summed E-state index contributed by atoms with van der Waals surface area (Å²) in [6, 6.07) is 7.96. The van der Waals surface area contributed by atoms with Crippen molar-refractivity contribution in [2.45, 2.75) is 18.9 Å². The number of carbonyl (C=O) groups is 1. The van der Waals surface area contributed by atoms with E-state index in [1.54, 1.807) is 18.2 Å². The summed E-state index contributed by atoms with van der Waals surface area (Å²) in [5, 5.41) is 20.4. The van der Waals surface area contributed by atoms with Gasteiger partial charge in [0.15, 0.2) is 0 Å². The topological polar surface area (TPSA) is 96.5 Å². The summed E-state index contributed by atoms with van der Waals surface area (Å²) < 4.78 is 4.78. The van der Waals surface area contributed by atoms with Gasteiger partial charge >= 0.3 is 5.97 Å². The molecule has 1 aliphatic heterocycles. The molecule has 0 aromatic heterocycles. The number of hydrogen-bond donors (Lipinski definition) is 0. The molecule has 120 valence electrons. The summed E-state index contributed by atoms with van der Waals surface area (Å²) in [5.41, 5.74) is 0.698. The van der Waals surface area contributed by atoms with Gasteiger partial charge in [0.05, 0.1) is 23.7 Å². The zero-order valence-corrected chi connectivity index (χ0v) is 12.8. The van der Waals surface area contributed by atoms with Gasteiger partial charge in [0.2, 0.25) is 0 Å². The average Bonchev–Trinajstić information content (AvgIpc) is 3.01. The fourth-order valence-corrected chi connectivity index (χ4v) is 2.71. The van der Waals surface area contributed by atoms with Crippen molar-refractivity contribution in [3.63, 3.8) is 0 Å². The van der Waals surface area contributed by atoms with Crippen LogP contribution < -0.4 is 0 Å². The van der Waals surface area contributed by atoms with Crippen molar-refractivity contribution in [2.75, 3.05) is 20.2 Å². The number of benzene rings is 1. The van der Waals surface area contributed by atoms with E-state index in [-0.39, 0.29) is 24.2 Å². The fourth-order valence-electron chi connectivity index (χ4n) is 2.71. The number of nitrogens with zero attached hydrogens (tertiary/aromatic N) is 3. The maximum absolute atomic E-state index is 11.7. The van der Waals surface area contributed by atoms with Crippen LogP contribution >= 0.6 is 0 Å². The molecule has 1 atom stereocenters. The lowest BCUT2D eigenvalue weighted by Crippen LogP contribution is -2.37. The van der Waals surface area contributed by atoms with E-state index < -0.39 is 4.92 Å². The zero-order valence-electron chi connectivity index (χ0n) is 12.8. The van der Waals surface area contributed by atoms with Gasteiger partial charge in [-0.05, 0) is 31.5 Å². The number of esters is 1. The van der Waals surface area contributed by atoms with Gasteiger partial charge < -0.3 is 4.74 Å².